The van der Waals surface area contributed by atoms with Crippen LogP contribution in [0.4, 0.5) is 0 Å². The van der Waals surface area contributed by atoms with Gasteiger partial charge in [-0.2, -0.15) is 5.10 Å². The van der Waals surface area contributed by atoms with Gasteiger partial charge < -0.3 is 19.3 Å². The SMILES string of the molecule is COc1ccc(-c2cnc3cc(C)nn3c2-c2c(O)cc(OC)cc2OC)cc1. The Balaban J connectivity index is 2.07. The van der Waals surface area contributed by atoms with Crippen molar-refractivity contribution >= 4 is 5.65 Å². The van der Waals surface area contributed by atoms with Crippen LogP contribution in [-0.2, 0) is 0 Å². The second kappa shape index (κ2) is 7.35. The molecule has 0 amide bonds. The number of phenols is 1. The molecule has 0 unspecified atom stereocenters. The van der Waals surface area contributed by atoms with E-state index in [0.717, 1.165) is 22.6 Å². The average molecular weight is 391 g/mol. The fourth-order valence-electron chi connectivity index (χ4n) is 3.36. The van der Waals surface area contributed by atoms with E-state index in [1.54, 1.807) is 37.1 Å². The van der Waals surface area contributed by atoms with Gasteiger partial charge in [0.1, 0.15) is 23.0 Å². The highest BCUT2D eigenvalue weighted by molar-refractivity contribution is 5.88. The summed E-state index contributed by atoms with van der Waals surface area (Å²) in [5.74, 6) is 1.74. The minimum Gasteiger partial charge on any atom is -0.507 e. The van der Waals surface area contributed by atoms with Crippen molar-refractivity contribution in [3.05, 3.63) is 54.4 Å². The summed E-state index contributed by atoms with van der Waals surface area (Å²) in [6.07, 6.45) is 1.77. The third-order valence-corrected chi connectivity index (χ3v) is 4.75. The van der Waals surface area contributed by atoms with Gasteiger partial charge in [-0.15, -0.1) is 0 Å². The summed E-state index contributed by atoms with van der Waals surface area (Å²) in [7, 11) is 4.72. The first-order chi connectivity index (χ1) is 14.0. The smallest absolute Gasteiger partial charge is 0.155 e. The fourth-order valence-corrected chi connectivity index (χ4v) is 3.36. The van der Waals surface area contributed by atoms with Gasteiger partial charge in [0.05, 0.1) is 38.3 Å². The first-order valence-corrected chi connectivity index (χ1v) is 9.01. The second-order valence-corrected chi connectivity index (χ2v) is 6.53. The monoisotopic (exact) mass is 391 g/mol. The predicted octanol–water partition coefficient (Wildman–Crippen LogP) is 4.10. The number of aromatic nitrogens is 3. The fraction of sp³-hybridized carbons (Fsp3) is 0.182. The topological polar surface area (TPSA) is 78.1 Å². The summed E-state index contributed by atoms with van der Waals surface area (Å²) in [6, 6.07) is 12.8. The van der Waals surface area contributed by atoms with Crippen molar-refractivity contribution in [3.8, 4) is 45.4 Å². The van der Waals surface area contributed by atoms with Crippen LogP contribution in [0.25, 0.3) is 28.0 Å². The van der Waals surface area contributed by atoms with Gasteiger partial charge in [-0.1, -0.05) is 12.1 Å². The predicted molar refractivity (Wildman–Crippen MR) is 110 cm³/mol. The first kappa shape index (κ1) is 18.6. The molecule has 7 heteroatoms. The lowest BCUT2D eigenvalue weighted by molar-refractivity contribution is 0.386. The van der Waals surface area contributed by atoms with Gasteiger partial charge in [0, 0.05) is 30.0 Å². The number of benzene rings is 2. The van der Waals surface area contributed by atoms with Gasteiger partial charge in [0.25, 0.3) is 0 Å². The molecule has 0 saturated heterocycles. The number of nitrogens with zero attached hydrogens (tertiary/aromatic N) is 3. The number of hydrogen-bond acceptors (Lipinski definition) is 6. The van der Waals surface area contributed by atoms with E-state index >= 15 is 0 Å². The van der Waals surface area contributed by atoms with Crippen LogP contribution in [0.5, 0.6) is 23.0 Å². The van der Waals surface area contributed by atoms with Crippen molar-refractivity contribution in [3.63, 3.8) is 0 Å². The molecule has 0 spiro atoms. The Bertz CT molecular complexity index is 1180. The Hall–Kier alpha value is -3.74. The molecular formula is C22H21N3O4. The molecule has 0 fully saturated rings. The maximum atomic E-state index is 10.9. The standard InChI is InChI=1S/C22H21N3O4/c1-13-9-20-23-12-17(14-5-7-15(27-2)8-6-14)22(25(20)24-13)21-18(26)10-16(28-3)11-19(21)29-4/h5-12,26H,1-4H3. The highest BCUT2D eigenvalue weighted by Crippen LogP contribution is 2.44. The van der Waals surface area contributed by atoms with E-state index in [4.69, 9.17) is 14.2 Å². The Labute approximate surface area is 168 Å². The normalized spacial score (nSPS) is 10.9. The van der Waals surface area contributed by atoms with Crippen LogP contribution in [-0.4, -0.2) is 41.0 Å². The van der Waals surface area contributed by atoms with Crippen LogP contribution in [0.1, 0.15) is 5.69 Å². The molecule has 0 atom stereocenters. The largest absolute Gasteiger partial charge is 0.507 e. The van der Waals surface area contributed by atoms with Crippen LogP contribution < -0.4 is 14.2 Å². The minimum absolute atomic E-state index is 0.0246. The average Bonchev–Trinajstić information content (AvgIpc) is 3.13. The van der Waals surface area contributed by atoms with E-state index in [1.807, 2.05) is 37.3 Å². The van der Waals surface area contributed by atoms with E-state index in [1.165, 1.54) is 7.11 Å². The number of aromatic hydroxyl groups is 1. The van der Waals surface area contributed by atoms with Gasteiger partial charge in [-0.3, -0.25) is 0 Å². The summed E-state index contributed by atoms with van der Waals surface area (Å²) in [6.45, 7) is 1.90. The molecule has 0 bridgehead atoms. The van der Waals surface area contributed by atoms with Crippen LogP contribution in [0.2, 0.25) is 0 Å². The number of ether oxygens (including phenoxy) is 3. The van der Waals surface area contributed by atoms with E-state index in [2.05, 4.69) is 10.1 Å². The molecule has 1 N–H and O–H groups in total. The Morgan fingerprint density at radius 2 is 1.62 bits per heavy atom. The number of fused-ring (bicyclic) bond motifs is 1. The molecule has 0 aliphatic carbocycles. The third-order valence-electron chi connectivity index (χ3n) is 4.75. The van der Waals surface area contributed by atoms with Gasteiger partial charge in [-0.05, 0) is 24.6 Å². The Kier molecular flexibility index (Phi) is 4.72. The zero-order chi connectivity index (χ0) is 20.5. The lowest BCUT2D eigenvalue weighted by atomic mass is 9.99. The number of methoxy groups -OCH3 is 3. The molecule has 0 radical (unpaired) electrons. The molecule has 2 heterocycles. The van der Waals surface area contributed by atoms with Crippen LogP contribution in [0.15, 0.2) is 48.7 Å². The molecule has 4 aromatic rings. The maximum absolute atomic E-state index is 10.9. The molecule has 148 valence electrons. The Morgan fingerprint density at radius 1 is 0.897 bits per heavy atom. The molecule has 29 heavy (non-hydrogen) atoms. The van der Waals surface area contributed by atoms with Crippen molar-refractivity contribution < 1.29 is 19.3 Å². The molecule has 2 aromatic heterocycles. The number of phenolic OH excluding ortho intramolecular Hbond substituents is 1. The van der Waals surface area contributed by atoms with Crippen molar-refractivity contribution in [2.75, 3.05) is 21.3 Å². The van der Waals surface area contributed by atoms with Gasteiger partial charge in [-0.25, -0.2) is 9.50 Å². The molecule has 0 aliphatic heterocycles. The highest BCUT2D eigenvalue weighted by Gasteiger charge is 2.22. The Morgan fingerprint density at radius 3 is 2.28 bits per heavy atom. The summed E-state index contributed by atoms with van der Waals surface area (Å²) in [4.78, 5) is 4.55. The highest BCUT2D eigenvalue weighted by atomic mass is 16.5. The molecular weight excluding hydrogens is 370 g/mol. The zero-order valence-corrected chi connectivity index (χ0v) is 16.6. The summed E-state index contributed by atoms with van der Waals surface area (Å²) >= 11 is 0. The van der Waals surface area contributed by atoms with E-state index in [9.17, 15) is 5.11 Å². The number of aryl methyl sites for hydroxylation is 1. The lowest BCUT2D eigenvalue weighted by Gasteiger charge is -2.17. The van der Waals surface area contributed by atoms with Crippen LogP contribution >= 0.6 is 0 Å². The molecule has 0 saturated carbocycles. The quantitative estimate of drug-likeness (QED) is 0.552. The molecule has 7 nitrogen and oxygen atoms in total. The number of rotatable bonds is 5. The second-order valence-electron chi connectivity index (χ2n) is 6.53. The summed E-state index contributed by atoms with van der Waals surface area (Å²) < 4.78 is 17.8. The zero-order valence-electron chi connectivity index (χ0n) is 16.6. The van der Waals surface area contributed by atoms with Crippen LogP contribution in [0, 0.1) is 6.92 Å². The van der Waals surface area contributed by atoms with Crippen molar-refractivity contribution in [1.82, 2.24) is 14.6 Å². The maximum Gasteiger partial charge on any atom is 0.155 e. The van der Waals surface area contributed by atoms with Crippen LogP contribution in [0.3, 0.4) is 0 Å². The van der Waals surface area contributed by atoms with E-state index in [0.29, 0.717) is 28.4 Å². The van der Waals surface area contributed by atoms with Crippen molar-refractivity contribution in [2.45, 2.75) is 6.92 Å². The molecule has 0 aliphatic rings. The number of hydrogen-bond donors (Lipinski definition) is 1. The minimum atomic E-state index is 0.0246. The van der Waals surface area contributed by atoms with Gasteiger partial charge >= 0.3 is 0 Å². The lowest BCUT2D eigenvalue weighted by Crippen LogP contribution is -2.02. The van der Waals surface area contributed by atoms with Gasteiger partial charge in [0.2, 0.25) is 0 Å². The van der Waals surface area contributed by atoms with Crippen molar-refractivity contribution in [2.24, 2.45) is 0 Å². The summed E-state index contributed by atoms with van der Waals surface area (Å²) in [5, 5.41) is 15.5. The first-order valence-electron chi connectivity index (χ1n) is 9.01. The molecule has 4 rings (SSSR count). The van der Waals surface area contributed by atoms with Gasteiger partial charge in [0.15, 0.2) is 5.65 Å². The van der Waals surface area contributed by atoms with E-state index in [-0.39, 0.29) is 5.75 Å². The molecule has 2 aromatic carbocycles. The van der Waals surface area contributed by atoms with Crippen molar-refractivity contribution in [1.29, 1.82) is 0 Å². The van der Waals surface area contributed by atoms with E-state index < -0.39 is 0 Å². The third kappa shape index (κ3) is 3.20. The summed E-state index contributed by atoms with van der Waals surface area (Å²) in [5.41, 5.74) is 4.37.